The molecule has 27 heavy (non-hydrogen) atoms. The molecule has 2 aromatic carbocycles. The third-order valence-corrected chi connectivity index (χ3v) is 5.97. The SMILES string of the molecule is OC1(c2ccc(Cl)cc2)CCCCCC1(c1ccc(F)cc1)n1cncn1. The monoisotopic (exact) mass is 385 g/mol. The van der Waals surface area contributed by atoms with E-state index in [1.54, 1.807) is 35.3 Å². The first-order chi connectivity index (χ1) is 13.1. The fraction of sp³-hybridized carbons (Fsp3) is 0.333. The van der Waals surface area contributed by atoms with Crippen molar-refractivity contribution < 1.29 is 9.50 Å². The minimum Gasteiger partial charge on any atom is -0.382 e. The summed E-state index contributed by atoms with van der Waals surface area (Å²) in [6, 6.07) is 13.6. The maximum absolute atomic E-state index is 13.6. The van der Waals surface area contributed by atoms with Gasteiger partial charge in [-0.2, -0.15) is 5.10 Å². The van der Waals surface area contributed by atoms with Gasteiger partial charge in [-0.3, -0.25) is 0 Å². The molecule has 6 heteroatoms. The van der Waals surface area contributed by atoms with Crippen LogP contribution in [-0.4, -0.2) is 19.9 Å². The Hall–Kier alpha value is -2.24. The van der Waals surface area contributed by atoms with Crippen molar-refractivity contribution in [3.63, 3.8) is 0 Å². The van der Waals surface area contributed by atoms with Gasteiger partial charge in [0.1, 0.15) is 29.6 Å². The van der Waals surface area contributed by atoms with E-state index in [0.717, 1.165) is 30.4 Å². The van der Waals surface area contributed by atoms with Crippen LogP contribution in [0.5, 0.6) is 0 Å². The standard InChI is InChI=1S/C21H21ClFN3O/c22-18-8-4-17(5-9-18)21(27)13-3-1-2-12-20(21,26-15-24-14-25-26)16-6-10-19(23)11-7-16/h4-11,14-15,27H,1-3,12-13H2. The van der Waals surface area contributed by atoms with Crippen molar-refractivity contribution in [2.24, 2.45) is 0 Å². The molecule has 2 unspecified atom stereocenters. The second-order valence-corrected chi connectivity index (χ2v) is 7.57. The molecule has 0 aliphatic heterocycles. The van der Waals surface area contributed by atoms with Gasteiger partial charge in [-0.15, -0.1) is 0 Å². The van der Waals surface area contributed by atoms with Crippen molar-refractivity contribution in [1.82, 2.24) is 14.8 Å². The van der Waals surface area contributed by atoms with Crippen molar-refractivity contribution in [2.75, 3.05) is 0 Å². The van der Waals surface area contributed by atoms with Crippen LogP contribution in [0.4, 0.5) is 4.39 Å². The van der Waals surface area contributed by atoms with E-state index in [1.807, 2.05) is 12.1 Å². The lowest BCUT2D eigenvalue weighted by atomic mass is 9.68. The van der Waals surface area contributed by atoms with Crippen molar-refractivity contribution in [3.8, 4) is 0 Å². The Morgan fingerprint density at radius 3 is 2.26 bits per heavy atom. The Kier molecular flexibility index (Phi) is 4.74. The number of aromatic nitrogens is 3. The smallest absolute Gasteiger partial charge is 0.137 e. The zero-order valence-electron chi connectivity index (χ0n) is 14.9. The molecule has 1 fully saturated rings. The Labute approximate surface area is 162 Å². The first-order valence-electron chi connectivity index (χ1n) is 9.16. The van der Waals surface area contributed by atoms with Crippen LogP contribution < -0.4 is 0 Å². The highest BCUT2D eigenvalue weighted by molar-refractivity contribution is 6.30. The number of halogens is 2. The third-order valence-electron chi connectivity index (χ3n) is 5.71. The Morgan fingerprint density at radius 2 is 1.59 bits per heavy atom. The number of nitrogens with zero attached hydrogens (tertiary/aromatic N) is 3. The topological polar surface area (TPSA) is 50.9 Å². The van der Waals surface area contributed by atoms with Gasteiger partial charge in [0, 0.05) is 5.02 Å². The van der Waals surface area contributed by atoms with Crippen molar-refractivity contribution >= 4 is 11.6 Å². The van der Waals surface area contributed by atoms with Crippen molar-refractivity contribution in [2.45, 2.75) is 43.2 Å². The Morgan fingerprint density at radius 1 is 0.926 bits per heavy atom. The van der Waals surface area contributed by atoms with Crippen LogP contribution >= 0.6 is 11.6 Å². The molecule has 3 aromatic rings. The molecular formula is C21H21ClFN3O. The van der Waals surface area contributed by atoms with E-state index in [0.29, 0.717) is 17.9 Å². The normalized spacial score (nSPS) is 25.9. The van der Waals surface area contributed by atoms with Gasteiger partial charge in [-0.25, -0.2) is 14.1 Å². The summed E-state index contributed by atoms with van der Waals surface area (Å²) in [6.07, 6.45) is 7.15. The van der Waals surface area contributed by atoms with Gasteiger partial charge in [0.15, 0.2) is 0 Å². The molecule has 1 aromatic heterocycles. The average molecular weight is 386 g/mol. The molecule has 1 aliphatic carbocycles. The molecule has 1 saturated carbocycles. The fourth-order valence-corrected chi connectivity index (χ4v) is 4.54. The number of aliphatic hydroxyl groups is 1. The van der Waals surface area contributed by atoms with Crippen molar-refractivity contribution in [3.05, 3.63) is 83.2 Å². The lowest BCUT2D eigenvalue weighted by Crippen LogP contribution is -2.54. The Balaban J connectivity index is 2.00. The molecule has 140 valence electrons. The zero-order valence-corrected chi connectivity index (χ0v) is 15.6. The number of benzene rings is 2. The zero-order chi connectivity index (χ0) is 18.9. The highest BCUT2D eigenvalue weighted by Crippen LogP contribution is 2.51. The number of rotatable bonds is 3. The van der Waals surface area contributed by atoms with E-state index >= 15 is 0 Å². The largest absolute Gasteiger partial charge is 0.382 e. The van der Waals surface area contributed by atoms with E-state index in [-0.39, 0.29) is 5.82 Å². The highest BCUT2D eigenvalue weighted by atomic mass is 35.5. The van der Waals surface area contributed by atoms with E-state index in [2.05, 4.69) is 10.1 Å². The van der Waals surface area contributed by atoms with Gasteiger partial charge in [-0.05, 0) is 48.2 Å². The fourth-order valence-electron chi connectivity index (χ4n) is 4.41. The Bertz CT molecular complexity index is 898. The second kappa shape index (κ2) is 7.06. The van der Waals surface area contributed by atoms with Gasteiger partial charge in [0.2, 0.25) is 0 Å². The highest BCUT2D eigenvalue weighted by Gasteiger charge is 2.55. The lowest BCUT2D eigenvalue weighted by molar-refractivity contribution is -0.0735. The summed E-state index contributed by atoms with van der Waals surface area (Å²) >= 11 is 6.08. The molecule has 4 nitrogen and oxygen atoms in total. The van der Waals surface area contributed by atoms with Gasteiger partial charge < -0.3 is 5.11 Å². The van der Waals surface area contributed by atoms with Crippen LogP contribution in [0.1, 0.15) is 43.2 Å². The minimum absolute atomic E-state index is 0.309. The maximum Gasteiger partial charge on any atom is 0.137 e. The summed E-state index contributed by atoms with van der Waals surface area (Å²) in [4.78, 5) is 4.13. The number of hydrogen-bond donors (Lipinski definition) is 1. The molecule has 1 N–H and O–H groups in total. The van der Waals surface area contributed by atoms with E-state index in [9.17, 15) is 9.50 Å². The maximum atomic E-state index is 13.6. The lowest BCUT2D eigenvalue weighted by Gasteiger charge is -2.47. The van der Waals surface area contributed by atoms with Crippen LogP contribution in [0, 0.1) is 5.82 Å². The van der Waals surface area contributed by atoms with Gasteiger partial charge in [0.25, 0.3) is 0 Å². The first-order valence-corrected chi connectivity index (χ1v) is 9.54. The summed E-state index contributed by atoms with van der Waals surface area (Å²) < 4.78 is 15.4. The summed E-state index contributed by atoms with van der Waals surface area (Å²) in [7, 11) is 0. The minimum atomic E-state index is -1.24. The van der Waals surface area contributed by atoms with Gasteiger partial charge >= 0.3 is 0 Å². The molecule has 1 aliphatic rings. The molecule has 1 heterocycles. The second-order valence-electron chi connectivity index (χ2n) is 7.14. The summed E-state index contributed by atoms with van der Waals surface area (Å²) in [5.74, 6) is -0.309. The molecule has 0 spiro atoms. The average Bonchev–Trinajstić information content (AvgIpc) is 3.15. The predicted octanol–water partition coefficient (Wildman–Crippen LogP) is 4.67. The van der Waals surface area contributed by atoms with Crippen LogP contribution in [0.25, 0.3) is 0 Å². The summed E-state index contributed by atoms with van der Waals surface area (Å²) in [5, 5.41) is 17.2. The van der Waals surface area contributed by atoms with Crippen LogP contribution in [-0.2, 0) is 11.1 Å². The van der Waals surface area contributed by atoms with Crippen LogP contribution in [0.15, 0.2) is 61.2 Å². The number of hydrogen-bond acceptors (Lipinski definition) is 3. The van der Waals surface area contributed by atoms with Crippen molar-refractivity contribution in [1.29, 1.82) is 0 Å². The van der Waals surface area contributed by atoms with Crippen LogP contribution in [0.3, 0.4) is 0 Å². The van der Waals surface area contributed by atoms with E-state index < -0.39 is 11.1 Å². The first kappa shape index (κ1) is 18.1. The van der Waals surface area contributed by atoms with E-state index in [4.69, 9.17) is 11.6 Å². The van der Waals surface area contributed by atoms with Gasteiger partial charge in [0.05, 0.1) is 0 Å². The summed E-state index contributed by atoms with van der Waals surface area (Å²) in [5.41, 5.74) is -0.538. The van der Waals surface area contributed by atoms with Gasteiger partial charge in [-0.1, -0.05) is 55.1 Å². The third kappa shape index (κ3) is 2.95. The molecule has 0 amide bonds. The molecular weight excluding hydrogens is 365 g/mol. The molecule has 2 atom stereocenters. The molecule has 0 radical (unpaired) electrons. The summed E-state index contributed by atoms with van der Waals surface area (Å²) in [6.45, 7) is 0. The van der Waals surface area contributed by atoms with E-state index in [1.165, 1.54) is 18.5 Å². The predicted molar refractivity (Wildman–Crippen MR) is 102 cm³/mol. The molecule has 4 rings (SSSR count). The quantitative estimate of drug-likeness (QED) is 0.667. The molecule has 0 bridgehead atoms. The molecule has 0 saturated heterocycles. The van der Waals surface area contributed by atoms with Crippen LogP contribution in [0.2, 0.25) is 5.02 Å².